The van der Waals surface area contributed by atoms with Gasteiger partial charge in [0.05, 0.1) is 0 Å². The Morgan fingerprint density at radius 3 is 3.05 bits per heavy atom. The Hall–Kier alpha value is -2.25. The number of rotatable bonds is 4. The molecule has 0 fully saturated rings. The first-order valence-corrected chi connectivity index (χ1v) is 7.40. The minimum Gasteiger partial charge on any atom is -0.396 e. The number of hydrogen-bond donors (Lipinski definition) is 2. The highest BCUT2D eigenvalue weighted by molar-refractivity contribution is 5.93. The molecular formula is C17H19N3O. The summed E-state index contributed by atoms with van der Waals surface area (Å²) < 4.78 is 0. The first-order chi connectivity index (χ1) is 10.3. The van der Waals surface area contributed by atoms with Crippen molar-refractivity contribution < 1.29 is 5.11 Å². The molecule has 4 nitrogen and oxygen atoms in total. The normalized spacial score (nSPS) is 15.5. The van der Waals surface area contributed by atoms with Crippen molar-refractivity contribution in [2.24, 2.45) is 0 Å². The van der Waals surface area contributed by atoms with Gasteiger partial charge in [-0.05, 0) is 42.5 Å². The van der Waals surface area contributed by atoms with Crippen LogP contribution in [0.25, 0.3) is 16.5 Å². The second-order valence-corrected chi connectivity index (χ2v) is 5.35. The Kier molecular flexibility index (Phi) is 3.94. The summed E-state index contributed by atoms with van der Waals surface area (Å²) in [6, 6.07) is 10.6. The number of hydrogen-bond acceptors (Lipinski definition) is 3. The Morgan fingerprint density at radius 2 is 2.24 bits per heavy atom. The van der Waals surface area contributed by atoms with Crippen LogP contribution in [0.1, 0.15) is 24.8 Å². The van der Waals surface area contributed by atoms with E-state index in [1.54, 1.807) is 0 Å². The molecule has 3 rings (SSSR count). The van der Waals surface area contributed by atoms with Crippen LogP contribution < -0.4 is 0 Å². The summed E-state index contributed by atoms with van der Waals surface area (Å²) in [6.45, 7) is 1.81. The lowest BCUT2D eigenvalue weighted by molar-refractivity contribution is 0.250. The maximum absolute atomic E-state index is 9.60. The van der Waals surface area contributed by atoms with Gasteiger partial charge in [0.15, 0.2) is 0 Å². The van der Waals surface area contributed by atoms with E-state index in [4.69, 9.17) is 5.11 Å². The zero-order chi connectivity index (χ0) is 14.7. The van der Waals surface area contributed by atoms with Crippen LogP contribution in [0.15, 0.2) is 36.2 Å². The number of nitrogens with zero attached hydrogens (tertiary/aromatic N) is 2. The minimum atomic E-state index is 0.165. The van der Waals surface area contributed by atoms with E-state index in [0.29, 0.717) is 6.42 Å². The van der Waals surface area contributed by atoms with Gasteiger partial charge in [-0.15, -0.1) is 0 Å². The molecule has 1 aromatic heterocycles. The van der Waals surface area contributed by atoms with Crippen LogP contribution in [0.4, 0.5) is 0 Å². The smallest absolute Gasteiger partial charge is 0.120 e. The van der Waals surface area contributed by atoms with E-state index in [1.165, 1.54) is 5.39 Å². The molecule has 0 bridgehead atoms. The Morgan fingerprint density at radius 1 is 1.33 bits per heavy atom. The van der Waals surface area contributed by atoms with Crippen molar-refractivity contribution in [3.8, 4) is 6.07 Å². The fourth-order valence-electron chi connectivity index (χ4n) is 3.10. The van der Waals surface area contributed by atoms with Gasteiger partial charge in [-0.25, -0.2) is 0 Å². The monoisotopic (exact) mass is 281 g/mol. The van der Waals surface area contributed by atoms with Crippen molar-refractivity contribution >= 4 is 16.5 Å². The summed E-state index contributed by atoms with van der Waals surface area (Å²) in [4.78, 5) is 5.34. The number of nitriles is 1. The molecular weight excluding hydrogens is 262 g/mol. The van der Waals surface area contributed by atoms with E-state index in [0.717, 1.165) is 48.3 Å². The van der Waals surface area contributed by atoms with Crippen LogP contribution in [0, 0.1) is 11.3 Å². The van der Waals surface area contributed by atoms with Gasteiger partial charge in [0, 0.05) is 36.8 Å². The molecule has 0 spiro atoms. The van der Waals surface area contributed by atoms with Crippen molar-refractivity contribution in [1.29, 1.82) is 5.26 Å². The molecule has 1 aliphatic heterocycles. The largest absolute Gasteiger partial charge is 0.396 e. The molecule has 0 aliphatic carbocycles. The van der Waals surface area contributed by atoms with Crippen molar-refractivity contribution in [1.82, 2.24) is 9.88 Å². The molecule has 0 amide bonds. The van der Waals surface area contributed by atoms with Crippen molar-refractivity contribution in [2.45, 2.75) is 19.3 Å². The Bertz CT molecular complexity index is 708. The quantitative estimate of drug-likeness (QED) is 0.905. The first kappa shape index (κ1) is 13.7. The zero-order valence-corrected chi connectivity index (χ0v) is 12.0. The summed E-state index contributed by atoms with van der Waals surface area (Å²) >= 11 is 0. The molecule has 0 atom stereocenters. The van der Waals surface area contributed by atoms with E-state index < -0.39 is 0 Å². The topological polar surface area (TPSA) is 63.0 Å². The third-order valence-electron chi connectivity index (χ3n) is 4.07. The first-order valence-electron chi connectivity index (χ1n) is 7.40. The predicted molar refractivity (Wildman–Crippen MR) is 83.3 cm³/mol. The number of allylic oxidation sites excluding steroid dienone is 2. The second-order valence-electron chi connectivity index (χ2n) is 5.35. The van der Waals surface area contributed by atoms with E-state index in [2.05, 4.69) is 34.2 Å². The number of aliphatic hydroxyl groups excluding tert-OH is 1. The number of aromatic amines is 1. The Labute approximate surface area is 124 Å². The molecule has 1 aliphatic rings. The van der Waals surface area contributed by atoms with Crippen molar-refractivity contribution in [2.75, 3.05) is 19.7 Å². The molecule has 0 saturated carbocycles. The fourth-order valence-corrected chi connectivity index (χ4v) is 3.10. The zero-order valence-electron chi connectivity index (χ0n) is 12.0. The predicted octanol–water partition coefficient (Wildman–Crippen LogP) is 2.88. The molecule has 0 saturated heterocycles. The summed E-state index contributed by atoms with van der Waals surface area (Å²) in [7, 11) is 0. The molecule has 21 heavy (non-hydrogen) atoms. The van der Waals surface area contributed by atoms with Gasteiger partial charge >= 0.3 is 0 Å². The van der Waals surface area contributed by atoms with E-state index in [1.807, 2.05) is 12.3 Å². The molecule has 1 aromatic carbocycles. The molecule has 0 radical (unpaired) electrons. The van der Waals surface area contributed by atoms with Crippen molar-refractivity contribution in [3.63, 3.8) is 0 Å². The maximum Gasteiger partial charge on any atom is 0.120 e. The molecule has 2 heterocycles. The third-order valence-corrected chi connectivity index (χ3v) is 4.07. The lowest BCUT2D eigenvalue weighted by atomic mass is 9.93. The third kappa shape index (κ3) is 2.53. The number of aromatic nitrogens is 1. The van der Waals surface area contributed by atoms with Crippen LogP contribution in [-0.4, -0.2) is 34.7 Å². The molecule has 108 valence electrons. The van der Waals surface area contributed by atoms with E-state index in [9.17, 15) is 5.26 Å². The fraction of sp³-hybridized carbons (Fsp3) is 0.353. The van der Waals surface area contributed by atoms with Crippen molar-refractivity contribution in [3.05, 3.63) is 41.7 Å². The van der Waals surface area contributed by atoms with Gasteiger partial charge in [0.1, 0.15) is 11.8 Å². The van der Waals surface area contributed by atoms with Gasteiger partial charge in [0.25, 0.3) is 0 Å². The lowest BCUT2D eigenvalue weighted by Crippen LogP contribution is -2.29. The lowest BCUT2D eigenvalue weighted by Gasteiger charge is -2.30. The minimum absolute atomic E-state index is 0.165. The van der Waals surface area contributed by atoms with Crippen LogP contribution in [-0.2, 0) is 0 Å². The van der Waals surface area contributed by atoms with Crippen LogP contribution in [0.5, 0.6) is 0 Å². The maximum atomic E-state index is 9.60. The molecule has 2 N–H and O–H groups in total. The van der Waals surface area contributed by atoms with Crippen LogP contribution in [0.2, 0.25) is 0 Å². The highest BCUT2D eigenvalue weighted by Crippen LogP contribution is 2.34. The van der Waals surface area contributed by atoms with Gasteiger partial charge < -0.3 is 15.0 Å². The van der Waals surface area contributed by atoms with E-state index in [-0.39, 0.29) is 6.61 Å². The van der Waals surface area contributed by atoms with Gasteiger partial charge in [-0.2, -0.15) is 5.26 Å². The average molecular weight is 281 g/mol. The SMILES string of the molecule is N#CC1=C(c2cccc3[nH]ccc23)CCCN1CCCO. The molecule has 2 aromatic rings. The number of nitrogens with one attached hydrogen (secondary N) is 1. The summed E-state index contributed by atoms with van der Waals surface area (Å²) in [6.07, 6.45) is 4.62. The van der Waals surface area contributed by atoms with Gasteiger partial charge in [-0.1, -0.05) is 12.1 Å². The Balaban J connectivity index is 2.07. The number of benzene rings is 1. The van der Waals surface area contributed by atoms with Gasteiger partial charge in [0.2, 0.25) is 0 Å². The number of H-pyrrole nitrogens is 1. The average Bonchev–Trinajstić information content (AvgIpc) is 3.01. The highest BCUT2D eigenvalue weighted by Gasteiger charge is 2.21. The van der Waals surface area contributed by atoms with Gasteiger partial charge in [-0.3, -0.25) is 0 Å². The summed E-state index contributed by atoms with van der Waals surface area (Å²) in [5, 5.41) is 19.8. The standard InChI is InChI=1S/C17H19N3O/c18-12-17-15(5-2-9-20(17)10-3-11-21)13-4-1-6-16-14(13)7-8-19-16/h1,4,6-8,19,21H,2-3,5,9-11H2. The van der Waals surface area contributed by atoms with Crippen LogP contribution >= 0.6 is 0 Å². The molecule has 0 unspecified atom stereocenters. The highest BCUT2D eigenvalue weighted by atomic mass is 16.3. The number of aliphatic hydroxyl groups is 1. The van der Waals surface area contributed by atoms with E-state index >= 15 is 0 Å². The molecule has 4 heteroatoms. The summed E-state index contributed by atoms with van der Waals surface area (Å²) in [5.74, 6) is 0. The van der Waals surface area contributed by atoms with Crippen LogP contribution in [0.3, 0.4) is 0 Å². The second kappa shape index (κ2) is 6.02. The number of fused-ring (bicyclic) bond motifs is 1. The summed E-state index contributed by atoms with van der Waals surface area (Å²) in [5.41, 5.74) is 4.15.